The SMILES string of the molecule is COC(=O)[C@@H](N=[N+]=[N-])[C@@H]1[C@@H](OC[C@H]2O[C@H](OC)[C@H](OC(C)=O)[C@@H](O[C@H]3O[C@@H](C)[C@H](OCc4ccccc4)[C@@H](OCc4ccccc4)[C@@H]3[C@H](N=[N+]=[N-])C(=O)OC)[C@@H]2O)O[C@@H](C)[C@H](OCc2ccccc2)[C@H]1OCc1ccccc1. The molecule has 3 aliphatic rings. The van der Waals surface area contributed by atoms with Crippen LogP contribution in [0.2, 0.25) is 0 Å². The van der Waals surface area contributed by atoms with Crippen LogP contribution in [0.4, 0.5) is 0 Å². The number of aliphatic hydroxyl groups excluding tert-OH is 1. The van der Waals surface area contributed by atoms with E-state index in [1.807, 2.05) is 121 Å². The predicted octanol–water partition coefficient (Wildman–Crippen LogP) is 6.82. The molecule has 4 aromatic carbocycles. The van der Waals surface area contributed by atoms with Gasteiger partial charge in [0.2, 0.25) is 0 Å². The minimum Gasteiger partial charge on any atom is -0.469 e. The summed E-state index contributed by atoms with van der Waals surface area (Å²) in [5.74, 6) is -5.32. The second kappa shape index (κ2) is 29.4. The maximum atomic E-state index is 13.8. The normalized spacial score (nSPS) is 29.6. The molecule has 23 nitrogen and oxygen atoms in total. The second-order valence-electron chi connectivity index (χ2n) is 18.7. The number of esters is 3. The summed E-state index contributed by atoms with van der Waals surface area (Å²) < 4.78 is 80.9. The zero-order valence-electron chi connectivity index (χ0n) is 44.1. The zero-order valence-corrected chi connectivity index (χ0v) is 44.1. The maximum Gasteiger partial charge on any atom is 0.315 e. The molecule has 0 aliphatic carbocycles. The molecule has 4 aromatic rings. The van der Waals surface area contributed by atoms with E-state index in [0.717, 1.165) is 43.4 Å². The zero-order chi connectivity index (χ0) is 55.6. The van der Waals surface area contributed by atoms with Crippen LogP contribution in [0.5, 0.6) is 0 Å². The van der Waals surface area contributed by atoms with Gasteiger partial charge in [-0.1, -0.05) is 132 Å². The number of azide groups is 2. The van der Waals surface area contributed by atoms with Crippen molar-refractivity contribution in [1.82, 2.24) is 0 Å². The lowest BCUT2D eigenvalue weighted by molar-refractivity contribution is -0.361. The second-order valence-corrected chi connectivity index (χ2v) is 18.7. The fraction of sp³-hybridized carbons (Fsp3) is 0.509. The highest BCUT2D eigenvalue weighted by molar-refractivity contribution is 5.77. The number of benzene rings is 4. The lowest BCUT2D eigenvalue weighted by Crippen LogP contribution is -2.66. The Labute approximate surface area is 451 Å². The number of nitrogens with zero attached hydrogens (tertiary/aromatic N) is 6. The van der Waals surface area contributed by atoms with Crippen LogP contribution >= 0.6 is 0 Å². The third-order valence-electron chi connectivity index (χ3n) is 13.6. The average molecular weight is 1080 g/mol. The van der Waals surface area contributed by atoms with E-state index >= 15 is 0 Å². The van der Waals surface area contributed by atoms with E-state index in [2.05, 4.69) is 20.1 Å². The molecule has 3 heterocycles. The summed E-state index contributed by atoms with van der Waals surface area (Å²) in [5, 5.41) is 20.3. The summed E-state index contributed by atoms with van der Waals surface area (Å²) >= 11 is 0. The number of aliphatic hydroxyl groups is 1. The van der Waals surface area contributed by atoms with Crippen LogP contribution in [0.15, 0.2) is 132 Å². The summed E-state index contributed by atoms with van der Waals surface area (Å²) in [6.07, 6.45) is -16.5. The molecule has 0 saturated carbocycles. The molecule has 418 valence electrons. The highest BCUT2D eigenvalue weighted by Crippen LogP contribution is 2.41. The van der Waals surface area contributed by atoms with E-state index in [9.17, 15) is 30.6 Å². The molecule has 0 aromatic heterocycles. The van der Waals surface area contributed by atoms with Crippen LogP contribution in [0.25, 0.3) is 20.9 Å². The Morgan fingerprint density at radius 2 is 0.923 bits per heavy atom. The number of rotatable bonds is 25. The lowest BCUT2D eigenvalue weighted by Gasteiger charge is -2.50. The third-order valence-corrected chi connectivity index (χ3v) is 13.6. The van der Waals surface area contributed by atoms with Gasteiger partial charge in [-0.05, 0) is 47.2 Å². The van der Waals surface area contributed by atoms with E-state index in [1.165, 1.54) is 7.11 Å². The third kappa shape index (κ3) is 15.2. The summed E-state index contributed by atoms with van der Waals surface area (Å²) in [4.78, 5) is 46.3. The number of carbonyl (C=O) groups excluding carboxylic acids is 3. The smallest absolute Gasteiger partial charge is 0.315 e. The van der Waals surface area contributed by atoms with Crippen molar-refractivity contribution in [1.29, 1.82) is 0 Å². The Balaban J connectivity index is 1.23. The minimum atomic E-state index is -1.79. The summed E-state index contributed by atoms with van der Waals surface area (Å²) in [6, 6.07) is 33.9. The molecule has 23 heteroatoms. The van der Waals surface area contributed by atoms with Crippen LogP contribution < -0.4 is 0 Å². The molecular formula is C55H66N6O17. The Hall–Kier alpha value is -6.53. The molecule has 0 radical (unpaired) electrons. The van der Waals surface area contributed by atoms with Gasteiger partial charge in [0.15, 0.2) is 25.0 Å². The van der Waals surface area contributed by atoms with Crippen molar-refractivity contribution >= 4 is 17.9 Å². The Morgan fingerprint density at radius 3 is 1.29 bits per heavy atom. The molecule has 3 fully saturated rings. The molecule has 0 bridgehead atoms. The molecule has 1 N–H and O–H groups in total. The number of methoxy groups -OCH3 is 3. The van der Waals surface area contributed by atoms with Crippen molar-refractivity contribution < 1.29 is 81.1 Å². The first-order valence-electron chi connectivity index (χ1n) is 25.4. The van der Waals surface area contributed by atoms with Gasteiger partial charge in [0, 0.05) is 23.9 Å². The van der Waals surface area contributed by atoms with Crippen LogP contribution in [0, 0.1) is 11.8 Å². The molecule has 78 heavy (non-hydrogen) atoms. The predicted molar refractivity (Wildman–Crippen MR) is 274 cm³/mol. The first-order valence-corrected chi connectivity index (χ1v) is 25.4. The minimum absolute atomic E-state index is 0.00462. The van der Waals surface area contributed by atoms with Gasteiger partial charge < -0.3 is 66.7 Å². The highest BCUT2D eigenvalue weighted by Gasteiger charge is 2.57. The molecule has 17 atom stereocenters. The van der Waals surface area contributed by atoms with Crippen LogP contribution in [0.1, 0.15) is 43.0 Å². The number of carbonyl (C=O) groups is 3. The number of hydrogen-bond donors (Lipinski definition) is 1. The van der Waals surface area contributed by atoms with E-state index in [0.29, 0.717) is 0 Å². The van der Waals surface area contributed by atoms with Gasteiger partial charge in [-0.15, -0.1) is 0 Å². The van der Waals surface area contributed by atoms with Crippen molar-refractivity contribution in [2.75, 3.05) is 27.9 Å². The summed E-state index contributed by atoms with van der Waals surface area (Å²) in [5.41, 5.74) is 23.0. The van der Waals surface area contributed by atoms with Gasteiger partial charge in [0.1, 0.15) is 42.6 Å². The maximum absolute atomic E-state index is 13.8. The topological polar surface area (TPSA) is 289 Å². The van der Waals surface area contributed by atoms with Gasteiger partial charge in [-0.2, -0.15) is 0 Å². The van der Waals surface area contributed by atoms with Crippen molar-refractivity contribution in [2.24, 2.45) is 22.1 Å². The number of ether oxygens (including phenoxy) is 13. The molecule has 3 aliphatic heterocycles. The van der Waals surface area contributed by atoms with E-state index in [1.54, 1.807) is 13.8 Å². The largest absolute Gasteiger partial charge is 0.469 e. The molecule has 3 saturated heterocycles. The monoisotopic (exact) mass is 1080 g/mol. The molecule has 0 unspecified atom stereocenters. The standard InChI is InChI=1S/C55H66N6O17/c1-32-45(69-27-35-19-11-7-12-20-35)47(71-29-37-23-15-9-16-24-37)40(42(58-60-56)51(64)66-4)53(74-32)73-31-39-44(63)49(50(76-34(3)62)55(68-6)77-39)78-54-41(43(59-61-57)52(65)67-5)48(72-30-38-25-17-10-18-26-38)46(33(2)75-54)70-28-36-21-13-8-14-22-36/h7-26,32-33,39-50,53-55,63H,27-31H2,1-6H3/t32-,33-,39+,40-,41-,42-,43-,44+,45-,46-,47-,48-,49-,50+,53-,54+,55-/m0/s1. The summed E-state index contributed by atoms with van der Waals surface area (Å²) in [7, 11) is 3.54. The fourth-order valence-corrected chi connectivity index (χ4v) is 9.86. The van der Waals surface area contributed by atoms with Gasteiger partial charge >= 0.3 is 17.9 Å². The van der Waals surface area contributed by atoms with Crippen LogP contribution in [-0.4, -0.2) is 143 Å². The van der Waals surface area contributed by atoms with Crippen LogP contribution in [-0.2, 0) is 102 Å². The molecule has 7 rings (SSSR count). The Morgan fingerprint density at radius 1 is 0.538 bits per heavy atom. The highest BCUT2D eigenvalue weighted by atomic mass is 16.8. The number of hydrogen-bond acceptors (Lipinski definition) is 19. The first-order chi connectivity index (χ1) is 37.9. The van der Waals surface area contributed by atoms with E-state index < -0.39 is 128 Å². The average Bonchev–Trinajstić information content (AvgIpc) is 3.61. The van der Waals surface area contributed by atoms with Gasteiger partial charge in [0.25, 0.3) is 0 Å². The molecular weight excluding hydrogens is 1020 g/mol. The first kappa shape index (κ1) is 59.1. The lowest BCUT2D eigenvalue weighted by atomic mass is 9.84. The van der Waals surface area contributed by atoms with Gasteiger partial charge in [0.05, 0.1) is 83.5 Å². The van der Waals surface area contributed by atoms with Crippen molar-refractivity contribution in [2.45, 2.75) is 139 Å². The fourth-order valence-electron chi connectivity index (χ4n) is 9.86. The quantitative estimate of drug-likeness (QED) is 0.0234. The van der Waals surface area contributed by atoms with Crippen LogP contribution in [0.3, 0.4) is 0 Å². The van der Waals surface area contributed by atoms with Crippen molar-refractivity contribution in [3.05, 3.63) is 164 Å². The van der Waals surface area contributed by atoms with E-state index in [-0.39, 0.29) is 26.4 Å². The van der Waals surface area contributed by atoms with Gasteiger partial charge in [-0.25, -0.2) is 0 Å². The van der Waals surface area contributed by atoms with E-state index in [4.69, 9.17) is 61.6 Å². The molecule has 0 spiro atoms. The Bertz CT molecular complexity index is 2600. The molecule has 0 amide bonds. The van der Waals surface area contributed by atoms with Gasteiger partial charge in [-0.3, -0.25) is 14.4 Å². The van der Waals surface area contributed by atoms with Crippen molar-refractivity contribution in [3.63, 3.8) is 0 Å². The Kier molecular flexibility index (Phi) is 22.3. The van der Waals surface area contributed by atoms with Crippen molar-refractivity contribution in [3.8, 4) is 0 Å². The summed E-state index contributed by atoms with van der Waals surface area (Å²) in [6.45, 7) is 4.27.